The van der Waals surface area contributed by atoms with Crippen molar-refractivity contribution >= 4 is 11.6 Å². The molecule has 0 aliphatic carbocycles. The van der Waals surface area contributed by atoms with E-state index in [1.165, 1.54) is 5.56 Å². The van der Waals surface area contributed by atoms with Gasteiger partial charge in [0.1, 0.15) is 5.75 Å². The average Bonchev–Trinajstić information content (AvgIpc) is 2.60. The summed E-state index contributed by atoms with van der Waals surface area (Å²) in [7, 11) is 1.64. The third-order valence-electron chi connectivity index (χ3n) is 3.59. The SMILES string of the molecule is CCc1ccc(C(=O)N/N=C(/C)Cc2ccc(OC)cc2)cc1. The highest BCUT2D eigenvalue weighted by atomic mass is 16.5. The van der Waals surface area contributed by atoms with Crippen molar-refractivity contribution in [3.8, 4) is 5.75 Å². The fourth-order valence-electron chi connectivity index (χ4n) is 2.18. The molecular weight excluding hydrogens is 288 g/mol. The van der Waals surface area contributed by atoms with E-state index in [-0.39, 0.29) is 5.91 Å². The van der Waals surface area contributed by atoms with Crippen molar-refractivity contribution < 1.29 is 9.53 Å². The van der Waals surface area contributed by atoms with Gasteiger partial charge in [0, 0.05) is 17.7 Å². The molecule has 0 heterocycles. The molecule has 0 atom stereocenters. The quantitative estimate of drug-likeness (QED) is 0.654. The van der Waals surface area contributed by atoms with Gasteiger partial charge in [-0.2, -0.15) is 5.10 Å². The van der Waals surface area contributed by atoms with E-state index >= 15 is 0 Å². The monoisotopic (exact) mass is 310 g/mol. The van der Waals surface area contributed by atoms with Crippen LogP contribution < -0.4 is 10.2 Å². The Morgan fingerprint density at radius 3 is 2.22 bits per heavy atom. The van der Waals surface area contributed by atoms with Gasteiger partial charge in [0.15, 0.2) is 0 Å². The summed E-state index contributed by atoms with van der Waals surface area (Å²) in [6.45, 7) is 3.98. The molecule has 4 nitrogen and oxygen atoms in total. The maximum Gasteiger partial charge on any atom is 0.271 e. The molecule has 0 saturated heterocycles. The van der Waals surface area contributed by atoms with E-state index in [0.29, 0.717) is 12.0 Å². The first-order valence-corrected chi connectivity index (χ1v) is 7.67. The first-order chi connectivity index (χ1) is 11.1. The molecule has 2 aromatic carbocycles. The van der Waals surface area contributed by atoms with Crippen LogP contribution in [0.15, 0.2) is 53.6 Å². The number of nitrogens with zero attached hydrogens (tertiary/aromatic N) is 1. The lowest BCUT2D eigenvalue weighted by molar-refractivity contribution is 0.0954. The molecule has 0 saturated carbocycles. The molecule has 0 fully saturated rings. The Hall–Kier alpha value is -2.62. The molecule has 0 bridgehead atoms. The number of ether oxygens (including phenoxy) is 1. The van der Waals surface area contributed by atoms with Gasteiger partial charge in [-0.05, 0) is 48.7 Å². The zero-order valence-electron chi connectivity index (χ0n) is 13.8. The number of aryl methyl sites for hydroxylation is 1. The minimum absolute atomic E-state index is 0.193. The fourth-order valence-corrected chi connectivity index (χ4v) is 2.18. The van der Waals surface area contributed by atoms with Crippen LogP contribution in [0.3, 0.4) is 0 Å². The Morgan fingerprint density at radius 1 is 1.04 bits per heavy atom. The second-order valence-corrected chi connectivity index (χ2v) is 5.36. The van der Waals surface area contributed by atoms with Crippen molar-refractivity contribution in [2.24, 2.45) is 5.10 Å². The maximum atomic E-state index is 12.0. The predicted molar refractivity (Wildman–Crippen MR) is 93.1 cm³/mol. The molecule has 4 heteroatoms. The molecule has 0 aliphatic heterocycles. The number of amides is 1. The molecule has 1 N–H and O–H groups in total. The van der Waals surface area contributed by atoms with E-state index in [4.69, 9.17) is 4.74 Å². The van der Waals surface area contributed by atoms with Gasteiger partial charge in [-0.3, -0.25) is 4.79 Å². The van der Waals surface area contributed by atoms with Crippen LogP contribution in [0.25, 0.3) is 0 Å². The van der Waals surface area contributed by atoms with Crippen LogP contribution in [0.4, 0.5) is 0 Å². The molecule has 120 valence electrons. The van der Waals surface area contributed by atoms with E-state index in [1.54, 1.807) is 7.11 Å². The summed E-state index contributed by atoms with van der Waals surface area (Å²) >= 11 is 0. The molecule has 0 spiro atoms. The average molecular weight is 310 g/mol. The van der Waals surface area contributed by atoms with Gasteiger partial charge in [-0.15, -0.1) is 0 Å². The van der Waals surface area contributed by atoms with E-state index in [0.717, 1.165) is 23.4 Å². The zero-order valence-corrected chi connectivity index (χ0v) is 13.8. The smallest absolute Gasteiger partial charge is 0.271 e. The summed E-state index contributed by atoms with van der Waals surface area (Å²) in [6, 6.07) is 15.4. The van der Waals surface area contributed by atoms with Gasteiger partial charge in [0.25, 0.3) is 5.91 Å². The number of methoxy groups -OCH3 is 1. The summed E-state index contributed by atoms with van der Waals surface area (Å²) in [5.41, 5.74) is 6.39. The highest BCUT2D eigenvalue weighted by Gasteiger charge is 2.04. The summed E-state index contributed by atoms with van der Waals surface area (Å²) in [5, 5.41) is 4.17. The van der Waals surface area contributed by atoms with E-state index in [1.807, 2.05) is 55.5 Å². The molecule has 0 aliphatic rings. The summed E-state index contributed by atoms with van der Waals surface area (Å²) in [6.07, 6.45) is 1.64. The highest BCUT2D eigenvalue weighted by molar-refractivity contribution is 5.95. The van der Waals surface area contributed by atoms with Crippen LogP contribution in [-0.2, 0) is 12.8 Å². The number of carbonyl (C=O) groups is 1. The molecule has 1 amide bonds. The van der Waals surface area contributed by atoms with Crippen LogP contribution >= 0.6 is 0 Å². The van der Waals surface area contributed by atoms with Crippen LogP contribution in [0.1, 0.15) is 35.3 Å². The lowest BCUT2D eigenvalue weighted by Crippen LogP contribution is -2.19. The molecular formula is C19H22N2O2. The number of hydrogen-bond donors (Lipinski definition) is 1. The Morgan fingerprint density at radius 2 is 1.65 bits per heavy atom. The van der Waals surface area contributed by atoms with E-state index in [2.05, 4.69) is 17.5 Å². The molecule has 2 aromatic rings. The van der Waals surface area contributed by atoms with Crippen LogP contribution in [0.5, 0.6) is 5.75 Å². The van der Waals surface area contributed by atoms with Gasteiger partial charge in [-0.1, -0.05) is 31.2 Å². The topological polar surface area (TPSA) is 50.7 Å². The number of hydrogen-bond acceptors (Lipinski definition) is 3. The van der Waals surface area contributed by atoms with E-state index < -0.39 is 0 Å². The molecule has 23 heavy (non-hydrogen) atoms. The molecule has 0 radical (unpaired) electrons. The third kappa shape index (κ3) is 4.95. The summed E-state index contributed by atoms with van der Waals surface area (Å²) in [4.78, 5) is 12.0. The molecule has 2 rings (SSSR count). The van der Waals surface area contributed by atoms with Crippen molar-refractivity contribution in [1.82, 2.24) is 5.43 Å². The van der Waals surface area contributed by atoms with Crippen molar-refractivity contribution in [2.45, 2.75) is 26.7 Å². The minimum atomic E-state index is -0.193. The van der Waals surface area contributed by atoms with Crippen molar-refractivity contribution in [3.05, 3.63) is 65.2 Å². The number of hydrazone groups is 1. The first-order valence-electron chi connectivity index (χ1n) is 7.67. The molecule has 0 unspecified atom stereocenters. The van der Waals surface area contributed by atoms with Crippen LogP contribution in [0.2, 0.25) is 0 Å². The number of benzene rings is 2. The van der Waals surface area contributed by atoms with Crippen molar-refractivity contribution in [3.63, 3.8) is 0 Å². The Kier molecular flexibility index (Phi) is 5.92. The van der Waals surface area contributed by atoms with Gasteiger partial charge in [0.05, 0.1) is 7.11 Å². The second kappa shape index (κ2) is 8.13. The normalized spacial score (nSPS) is 11.2. The highest BCUT2D eigenvalue weighted by Crippen LogP contribution is 2.12. The number of carbonyl (C=O) groups excluding carboxylic acids is 1. The Balaban J connectivity index is 1.93. The fraction of sp³-hybridized carbons (Fsp3) is 0.263. The van der Waals surface area contributed by atoms with Crippen molar-refractivity contribution in [2.75, 3.05) is 7.11 Å². The largest absolute Gasteiger partial charge is 0.497 e. The molecule has 0 aromatic heterocycles. The van der Waals surface area contributed by atoms with Gasteiger partial charge in [0.2, 0.25) is 0 Å². The Bertz CT molecular complexity index is 674. The lowest BCUT2D eigenvalue weighted by Gasteiger charge is -2.05. The van der Waals surface area contributed by atoms with Crippen LogP contribution in [0, 0.1) is 0 Å². The van der Waals surface area contributed by atoms with Crippen LogP contribution in [-0.4, -0.2) is 18.7 Å². The van der Waals surface area contributed by atoms with E-state index in [9.17, 15) is 4.79 Å². The third-order valence-corrected chi connectivity index (χ3v) is 3.59. The number of nitrogens with one attached hydrogen (secondary N) is 1. The standard InChI is InChI=1S/C19H22N2O2/c1-4-15-5-9-17(10-6-15)19(22)21-20-14(2)13-16-7-11-18(23-3)12-8-16/h5-12H,4,13H2,1-3H3,(H,21,22)/b20-14-. The second-order valence-electron chi connectivity index (χ2n) is 5.36. The van der Waals surface area contributed by atoms with Crippen molar-refractivity contribution in [1.29, 1.82) is 0 Å². The Labute approximate surface area is 137 Å². The van der Waals surface area contributed by atoms with Gasteiger partial charge < -0.3 is 4.74 Å². The van der Waals surface area contributed by atoms with Gasteiger partial charge in [-0.25, -0.2) is 5.43 Å². The predicted octanol–water partition coefficient (Wildman–Crippen LogP) is 3.61. The first kappa shape index (κ1) is 16.7. The number of rotatable bonds is 6. The minimum Gasteiger partial charge on any atom is -0.497 e. The van der Waals surface area contributed by atoms with Gasteiger partial charge >= 0.3 is 0 Å². The lowest BCUT2D eigenvalue weighted by atomic mass is 10.1. The summed E-state index contributed by atoms with van der Waals surface area (Å²) in [5.74, 6) is 0.633. The zero-order chi connectivity index (χ0) is 16.7. The summed E-state index contributed by atoms with van der Waals surface area (Å²) < 4.78 is 5.13. The maximum absolute atomic E-state index is 12.0.